The second-order valence-electron chi connectivity index (χ2n) is 5.98. The molecular weight excluding hydrogens is 299 g/mol. The van der Waals surface area contributed by atoms with E-state index in [1.54, 1.807) is 0 Å². The van der Waals surface area contributed by atoms with Crippen LogP contribution in [0.5, 0.6) is 0 Å². The van der Waals surface area contributed by atoms with Crippen LogP contribution in [0.25, 0.3) is 0 Å². The van der Waals surface area contributed by atoms with Gasteiger partial charge in [0.05, 0.1) is 0 Å². The van der Waals surface area contributed by atoms with E-state index in [0.717, 1.165) is 28.5 Å². The molecule has 0 bridgehead atoms. The van der Waals surface area contributed by atoms with E-state index in [0.29, 0.717) is 0 Å². The van der Waals surface area contributed by atoms with Gasteiger partial charge in [-0.2, -0.15) is 0 Å². The SMILES string of the molecule is CCCP(O)(c1ccccc1)(c1ccccc1)c1ccccc1. The summed E-state index contributed by atoms with van der Waals surface area (Å²) in [5.74, 6) is 0. The summed E-state index contributed by atoms with van der Waals surface area (Å²) in [5, 5.41) is 3.12. The topological polar surface area (TPSA) is 20.2 Å². The van der Waals surface area contributed by atoms with Crippen molar-refractivity contribution >= 4 is 22.7 Å². The van der Waals surface area contributed by atoms with Crippen molar-refractivity contribution in [1.82, 2.24) is 0 Å². The zero-order chi connectivity index (χ0) is 16.2. The van der Waals surface area contributed by atoms with Crippen molar-refractivity contribution in [3.05, 3.63) is 91.0 Å². The average Bonchev–Trinajstić information content (AvgIpc) is 2.64. The standard InChI is InChI=1S/C21H23OP/c1-2-18-23(22,19-12-6-3-7-13-19,20-14-8-4-9-15-20)21-16-10-5-11-17-21/h3-17,22H,2,18H2,1H3. The minimum absolute atomic E-state index is 0.754. The Labute approximate surface area is 138 Å². The van der Waals surface area contributed by atoms with Gasteiger partial charge in [-0.3, -0.25) is 0 Å². The molecule has 0 heterocycles. The summed E-state index contributed by atoms with van der Waals surface area (Å²) in [6.45, 7) is -1.28. The molecule has 0 saturated heterocycles. The first-order chi connectivity index (χ1) is 11.2. The minimum atomic E-state index is -3.43. The molecule has 0 amide bonds. The van der Waals surface area contributed by atoms with Gasteiger partial charge >= 0.3 is 138 Å². The van der Waals surface area contributed by atoms with Crippen LogP contribution in [-0.2, 0) is 0 Å². The van der Waals surface area contributed by atoms with Crippen LogP contribution in [0.4, 0.5) is 0 Å². The molecule has 0 fully saturated rings. The summed E-state index contributed by atoms with van der Waals surface area (Å²) in [6.07, 6.45) is 1.68. The first-order valence-electron chi connectivity index (χ1n) is 8.13. The van der Waals surface area contributed by atoms with Gasteiger partial charge in [0.15, 0.2) is 0 Å². The molecule has 0 aliphatic carbocycles. The fraction of sp³-hybridized carbons (Fsp3) is 0.143. The molecule has 2 heteroatoms. The Morgan fingerprint density at radius 1 is 0.609 bits per heavy atom. The number of benzene rings is 3. The fourth-order valence-corrected chi connectivity index (χ4v) is 8.50. The molecule has 3 aromatic rings. The van der Waals surface area contributed by atoms with E-state index in [4.69, 9.17) is 0 Å². The molecule has 0 spiro atoms. The van der Waals surface area contributed by atoms with Crippen molar-refractivity contribution in [2.45, 2.75) is 13.3 Å². The summed E-state index contributed by atoms with van der Waals surface area (Å²) in [6, 6.07) is 30.6. The molecule has 1 nitrogen and oxygen atoms in total. The summed E-state index contributed by atoms with van der Waals surface area (Å²) < 4.78 is 0. The van der Waals surface area contributed by atoms with Crippen LogP contribution in [0.2, 0.25) is 0 Å². The Balaban J connectivity index is 2.41. The molecule has 0 aliphatic rings. The van der Waals surface area contributed by atoms with Crippen LogP contribution in [0.1, 0.15) is 13.3 Å². The van der Waals surface area contributed by atoms with Gasteiger partial charge < -0.3 is 0 Å². The number of rotatable bonds is 5. The van der Waals surface area contributed by atoms with Crippen LogP contribution in [0.15, 0.2) is 91.0 Å². The van der Waals surface area contributed by atoms with Crippen LogP contribution in [0.3, 0.4) is 0 Å². The maximum atomic E-state index is 12.5. The van der Waals surface area contributed by atoms with Crippen LogP contribution in [0, 0.1) is 0 Å². The van der Waals surface area contributed by atoms with E-state index in [1.165, 1.54) is 0 Å². The van der Waals surface area contributed by atoms with Gasteiger partial charge in [0.25, 0.3) is 0 Å². The van der Waals surface area contributed by atoms with Crippen LogP contribution < -0.4 is 15.9 Å². The number of hydrogen-bond donors (Lipinski definition) is 1. The molecule has 0 saturated carbocycles. The van der Waals surface area contributed by atoms with Gasteiger partial charge in [-0.15, -0.1) is 0 Å². The van der Waals surface area contributed by atoms with Crippen molar-refractivity contribution in [3.63, 3.8) is 0 Å². The molecular formula is C21H23OP. The molecule has 0 aliphatic heterocycles. The Kier molecular flexibility index (Phi) is 4.35. The van der Waals surface area contributed by atoms with Crippen molar-refractivity contribution in [2.24, 2.45) is 0 Å². The van der Waals surface area contributed by atoms with Gasteiger partial charge in [0.2, 0.25) is 0 Å². The van der Waals surface area contributed by atoms with Crippen molar-refractivity contribution in [3.8, 4) is 0 Å². The van der Waals surface area contributed by atoms with Gasteiger partial charge in [-0.05, 0) is 0 Å². The first-order valence-corrected chi connectivity index (χ1v) is 10.5. The third-order valence-electron chi connectivity index (χ3n) is 4.60. The summed E-state index contributed by atoms with van der Waals surface area (Å²) >= 11 is 0. The zero-order valence-electron chi connectivity index (χ0n) is 13.5. The Bertz CT molecular complexity index is 654. The van der Waals surface area contributed by atoms with Gasteiger partial charge in [-0.25, -0.2) is 0 Å². The van der Waals surface area contributed by atoms with Crippen molar-refractivity contribution in [2.75, 3.05) is 6.16 Å². The molecule has 0 unspecified atom stereocenters. The van der Waals surface area contributed by atoms with E-state index < -0.39 is 6.83 Å². The molecule has 0 atom stereocenters. The van der Waals surface area contributed by atoms with Crippen molar-refractivity contribution in [1.29, 1.82) is 0 Å². The predicted octanol–water partition coefficient (Wildman–Crippen LogP) is 3.83. The Morgan fingerprint density at radius 2 is 0.913 bits per heavy atom. The number of hydrogen-bond acceptors (Lipinski definition) is 1. The van der Waals surface area contributed by atoms with Gasteiger partial charge in [-0.1, -0.05) is 0 Å². The fourth-order valence-electron chi connectivity index (χ4n) is 3.52. The van der Waals surface area contributed by atoms with Gasteiger partial charge in [0.1, 0.15) is 0 Å². The molecule has 0 aromatic heterocycles. The monoisotopic (exact) mass is 322 g/mol. The molecule has 23 heavy (non-hydrogen) atoms. The normalized spacial score (nSPS) is 13.2. The molecule has 3 rings (SSSR count). The van der Waals surface area contributed by atoms with E-state index >= 15 is 0 Å². The van der Waals surface area contributed by atoms with Crippen LogP contribution in [-0.4, -0.2) is 11.1 Å². The molecule has 3 aromatic carbocycles. The Morgan fingerprint density at radius 3 is 1.17 bits per heavy atom. The van der Waals surface area contributed by atoms with Crippen LogP contribution >= 0.6 is 6.83 Å². The third-order valence-corrected chi connectivity index (χ3v) is 10.1. The zero-order valence-corrected chi connectivity index (χ0v) is 14.4. The summed E-state index contributed by atoms with van der Waals surface area (Å²) in [4.78, 5) is 12.5. The summed E-state index contributed by atoms with van der Waals surface area (Å²) in [5.41, 5.74) is 0. The van der Waals surface area contributed by atoms with E-state index in [9.17, 15) is 4.89 Å². The third kappa shape index (κ3) is 2.51. The second-order valence-corrected chi connectivity index (χ2v) is 10.5. The first kappa shape index (κ1) is 15.9. The molecule has 0 radical (unpaired) electrons. The molecule has 118 valence electrons. The molecule has 1 N–H and O–H groups in total. The van der Waals surface area contributed by atoms with E-state index in [-0.39, 0.29) is 0 Å². The maximum absolute atomic E-state index is 12.5. The second kappa shape index (κ2) is 6.28. The summed E-state index contributed by atoms with van der Waals surface area (Å²) in [7, 11) is 0. The quantitative estimate of drug-likeness (QED) is 0.708. The Hall–Kier alpha value is -1.95. The van der Waals surface area contributed by atoms with E-state index in [1.807, 2.05) is 54.6 Å². The van der Waals surface area contributed by atoms with Crippen molar-refractivity contribution < 1.29 is 4.89 Å². The van der Waals surface area contributed by atoms with Gasteiger partial charge in [0, 0.05) is 0 Å². The average molecular weight is 322 g/mol. The predicted molar refractivity (Wildman–Crippen MR) is 103 cm³/mol. The van der Waals surface area contributed by atoms with E-state index in [2.05, 4.69) is 43.3 Å².